The zero-order chi connectivity index (χ0) is 11.4. The number of benzene rings is 1. The highest BCUT2D eigenvalue weighted by Gasteiger charge is 2.23. The minimum atomic E-state index is 0.149. The summed E-state index contributed by atoms with van der Waals surface area (Å²) >= 11 is 0. The van der Waals surface area contributed by atoms with E-state index in [1.807, 2.05) is 37.3 Å². The molecule has 1 saturated heterocycles. The summed E-state index contributed by atoms with van der Waals surface area (Å²) in [7, 11) is 0. The molecule has 2 rings (SSSR count). The highest BCUT2D eigenvalue weighted by Crippen LogP contribution is 2.13. The van der Waals surface area contributed by atoms with Gasteiger partial charge in [0, 0.05) is 24.9 Å². The van der Waals surface area contributed by atoms with Crippen LogP contribution in [0.4, 0.5) is 0 Å². The molecule has 1 fully saturated rings. The predicted octanol–water partition coefficient (Wildman–Crippen LogP) is 1.77. The second-order valence-electron chi connectivity index (χ2n) is 4.34. The van der Waals surface area contributed by atoms with Crippen LogP contribution in [0.3, 0.4) is 0 Å². The van der Waals surface area contributed by atoms with Gasteiger partial charge in [0.05, 0.1) is 0 Å². The first-order chi connectivity index (χ1) is 7.74. The van der Waals surface area contributed by atoms with E-state index < -0.39 is 0 Å². The minimum Gasteiger partial charge on any atom is -0.492 e. The molecule has 2 atom stereocenters. The Kier molecular flexibility index (Phi) is 3.57. The number of nitrogens with one attached hydrogen (secondary N) is 1. The number of ether oxygens (including phenoxy) is 1. The molecule has 3 nitrogen and oxygen atoms in total. The summed E-state index contributed by atoms with van der Waals surface area (Å²) in [4.78, 5) is 11.4. The molecule has 0 bridgehead atoms. The Balaban J connectivity index is 1.84. The van der Waals surface area contributed by atoms with E-state index in [-0.39, 0.29) is 12.1 Å². The van der Waals surface area contributed by atoms with Crippen molar-refractivity contribution >= 4 is 5.78 Å². The van der Waals surface area contributed by atoms with Gasteiger partial charge in [0.25, 0.3) is 0 Å². The fourth-order valence-electron chi connectivity index (χ4n) is 2.04. The van der Waals surface area contributed by atoms with Crippen LogP contribution in [-0.4, -0.2) is 24.5 Å². The Morgan fingerprint density at radius 2 is 2.06 bits per heavy atom. The number of Topliss-reactive ketones (excluding diaryl/α,β-unsaturated/α-hetero) is 1. The summed E-state index contributed by atoms with van der Waals surface area (Å²) in [6.45, 7) is 2.59. The fourth-order valence-corrected chi connectivity index (χ4v) is 2.04. The number of hydrogen-bond acceptors (Lipinski definition) is 3. The molecule has 0 saturated carbocycles. The summed E-state index contributed by atoms with van der Waals surface area (Å²) in [6.07, 6.45) is 1.22. The molecular formula is C13H17NO2. The Hall–Kier alpha value is -1.35. The maximum absolute atomic E-state index is 11.4. The van der Waals surface area contributed by atoms with Gasteiger partial charge in [0.15, 0.2) is 0 Å². The van der Waals surface area contributed by atoms with Crippen molar-refractivity contribution < 1.29 is 9.53 Å². The molecule has 0 unspecified atom stereocenters. The number of ketones is 1. The van der Waals surface area contributed by atoms with Gasteiger partial charge in [-0.2, -0.15) is 0 Å². The van der Waals surface area contributed by atoms with Crippen LogP contribution in [-0.2, 0) is 4.79 Å². The Morgan fingerprint density at radius 3 is 2.75 bits per heavy atom. The second kappa shape index (κ2) is 5.12. The van der Waals surface area contributed by atoms with Crippen LogP contribution in [0, 0.1) is 0 Å². The Morgan fingerprint density at radius 1 is 1.31 bits per heavy atom. The zero-order valence-corrected chi connectivity index (χ0v) is 9.48. The summed E-state index contributed by atoms with van der Waals surface area (Å²) in [5.74, 6) is 1.18. The molecule has 0 radical (unpaired) electrons. The molecule has 0 spiro atoms. The molecule has 1 aromatic rings. The molecule has 86 valence electrons. The van der Waals surface area contributed by atoms with Crippen LogP contribution in [0.2, 0.25) is 0 Å². The summed E-state index contributed by atoms with van der Waals surface area (Å²) < 4.78 is 5.63. The first-order valence-corrected chi connectivity index (χ1v) is 5.69. The minimum absolute atomic E-state index is 0.149. The number of carbonyl (C=O) groups is 1. The number of piperidine rings is 1. The van der Waals surface area contributed by atoms with E-state index in [4.69, 9.17) is 4.74 Å². The largest absolute Gasteiger partial charge is 0.492 e. The monoisotopic (exact) mass is 219 g/mol. The lowest BCUT2D eigenvalue weighted by atomic mass is 9.99. The van der Waals surface area contributed by atoms with E-state index in [9.17, 15) is 4.79 Å². The molecule has 0 amide bonds. The topological polar surface area (TPSA) is 38.3 Å². The maximum Gasteiger partial charge on any atom is 0.136 e. The molecular weight excluding hydrogens is 202 g/mol. The standard InChI is InChI=1S/C13H17NO2/c1-10-7-12(15)8-11(14-10)9-16-13-5-3-2-4-6-13/h2-6,10-11,14H,7-9H2,1H3/t10-,11-/m0/s1. The van der Waals surface area contributed by atoms with Crippen LogP contribution in [0.1, 0.15) is 19.8 Å². The predicted molar refractivity (Wildman–Crippen MR) is 62.6 cm³/mol. The molecule has 1 aromatic carbocycles. The summed E-state index contributed by atoms with van der Waals surface area (Å²) in [5, 5.41) is 3.37. The third-order valence-corrected chi connectivity index (χ3v) is 2.72. The summed E-state index contributed by atoms with van der Waals surface area (Å²) in [6, 6.07) is 10.1. The van der Waals surface area contributed by atoms with Crippen LogP contribution in [0.15, 0.2) is 30.3 Å². The van der Waals surface area contributed by atoms with Gasteiger partial charge in [0.1, 0.15) is 18.1 Å². The van der Waals surface area contributed by atoms with Crippen molar-refractivity contribution in [3.05, 3.63) is 30.3 Å². The summed E-state index contributed by atoms with van der Waals surface area (Å²) in [5.41, 5.74) is 0. The van der Waals surface area contributed by atoms with Crippen molar-refractivity contribution in [2.24, 2.45) is 0 Å². The van der Waals surface area contributed by atoms with Crippen molar-refractivity contribution in [1.29, 1.82) is 0 Å². The highest BCUT2D eigenvalue weighted by atomic mass is 16.5. The van der Waals surface area contributed by atoms with Gasteiger partial charge in [0.2, 0.25) is 0 Å². The lowest BCUT2D eigenvalue weighted by molar-refractivity contribution is -0.121. The van der Waals surface area contributed by atoms with Crippen LogP contribution in [0.25, 0.3) is 0 Å². The molecule has 1 heterocycles. The van der Waals surface area contributed by atoms with Gasteiger partial charge in [-0.25, -0.2) is 0 Å². The number of hydrogen-bond donors (Lipinski definition) is 1. The number of rotatable bonds is 3. The van der Waals surface area contributed by atoms with Gasteiger partial charge >= 0.3 is 0 Å². The van der Waals surface area contributed by atoms with E-state index in [1.54, 1.807) is 0 Å². The molecule has 1 N–H and O–H groups in total. The normalized spacial score (nSPS) is 25.4. The van der Waals surface area contributed by atoms with Crippen LogP contribution < -0.4 is 10.1 Å². The van der Waals surface area contributed by atoms with Crippen molar-refractivity contribution in [3.63, 3.8) is 0 Å². The zero-order valence-electron chi connectivity index (χ0n) is 9.48. The third-order valence-electron chi connectivity index (χ3n) is 2.72. The van der Waals surface area contributed by atoms with Crippen molar-refractivity contribution in [2.45, 2.75) is 31.8 Å². The first kappa shape index (κ1) is 11.1. The average molecular weight is 219 g/mol. The van der Waals surface area contributed by atoms with E-state index in [1.165, 1.54) is 0 Å². The van der Waals surface area contributed by atoms with Gasteiger partial charge < -0.3 is 10.1 Å². The quantitative estimate of drug-likeness (QED) is 0.842. The van der Waals surface area contributed by atoms with Gasteiger partial charge in [-0.15, -0.1) is 0 Å². The second-order valence-corrected chi connectivity index (χ2v) is 4.34. The van der Waals surface area contributed by atoms with Gasteiger partial charge in [-0.05, 0) is 19.1 Å². The van der Waals surface area contributed by atoms with Crippen molar-refractivity contribution in [1.82, 2.24) is 5.32 Å². The van der Waals surface area contributed by atoms with Gasteiger partial charge in [-0.1, -0.05) is 18.2 Å². The van der Waals surface area contributed by atoms with E-state index in [0.29, 0.717) is 25.2 Å². The van der Waals surface area contributed by atoms with Gasteiger partial charge in [-0.3, -0.25) is 4.79 Å². The van der Waals surface area contributed by atoms with Crippen LogP contribution in [0.5, 0.6) is 5.75 Å². The molecule has 3 heteroatoms. The van der Waals surface area contributed by atoms with Crippen LogP contribution >= 0.6 is 0 Å². The number of carbonyl (C=O) groups excluding carboxylic acids is 1. The molecule has 16 heavy (non-hydrogen) atoms. The highest BCUT2D eigenvalue weighted by molar-refractivity contribution is 5.80. The van der Waals surface area contributed by atoms with E-state index in [0.717, 1.165) is 5.75 Å². The van der Waals surface area contributed by atoms with E-state index >= 15 is 0 Å². The first-order valence-electron chi connectivity index (χ1n) is 5.69. The SMILES string of the molecule is C[C@H]1CC(=O)C[C@@H](COc2ccccc2)N1. The smallest absolute Gasteiger partial charge is 0.136 e. The lowest BCUT2D eigenvalue weighted by Crippen LogP contribution is -2.47. The molecule has 0 aromatic heterocycles. The molecule has 1 aliphatic heterocycles. The molecule has 0 aliphatic carbocycles. The average Bonchev–Trinajstić information content (AvgIpc) is 2.27. The maximum atomic E-state index is 11.4. The van der Waals surface area contributed by atoms with Crippen molar-refractivity contribution in [3.8, 4) is 5.75 Å². The third kappa shape index (κ3) is 3.07. The number of para-hydroxylation sites is 1. The van der Waals surface area contributed by atoms with E-state index in [2.05, 4.69) is 5.32 Å². The van der Waals surface area contributed by atoms with Crippen molar-refractivity contribution in [2.75, 3.05) is 6.61 Å². The molecule has 1 aliphatic rings. The fraction of sp³-hybridized carbons (Fsp3) is 0.462. The lowest BCUT2D eigenvalue weighted by Gasteiger charge is -2.27. The Labute approximate surface area is 95.8 Å². The Bertz CT molecular complexity index is 350.